The van der Waals surface area contributed by atoms with Crippen molar-refractivity contribution < 1.29 is 8.42 Å². The van der Waals surface area contributed by atoms with Gasteiger partial charge in [0.05, 0.1) is 4.90 Å². The number of nitrogens with two attached hydrogens (primary N) is 1. The third-order valence-corrected chi connectivity index (χ3v) is 6.75. The fraction of sp³-hybridized carbons (Fsp3) is 0.238. The Morgan fingerprint density at radius 2 is 1.61 bits per heavy atom. The fourth-order valence-corrected chi connectivity index (χ4v) is 4.73. The van der Waals surface area contributed by atoms with Crippen molar-refractivity contribution in [3.05, 3.63) is 65.4 Å². The molecular formula is C21H23N3O2S2. The average Bonchev–Trinajstić information content (AvgIpc) is 3.23. The Kier molecular flexibility index (Phi) is 5.39. The van der Waals surface area contributed by atoms with Crippen LogP contribution < -0.4 is 15.4 Å². The van der Waals surface area contributed by atoms with Crippen molar-refractivity contribution in [2.45, 2.75) is 23.8 Å². The lowest BCUT2D eigenvalue weighted by atomic mass is 10.0. The van der Waals surface area contributed by atoms with Gasteiger partial charge < -0.3 is 10.2 Å². The molecule has 0 unspecified atom stereocenters. The zero-order valence-corrected chi connectivity index (χ0v) is 17.0. The number of sulfonamides is 1. The summed E-state index contributed by atoms with van der Waals surface area (Å²) in [4.78, 5) is 2.43. The van der Waals surface area contributed by atoms with Crippen molar-refractivity contribution in [3.8, 4) is 11.1 Å². The molecule has 4 rings (SSSR count). The van der Waals surface area contributed by atoms with Crippen LogP contribution in [-0.2, 0) is 10.0 Å². The highest BCUT2D eigenvalue weighted by Crippen LogP contribution is 2.26. The molecule has 0 spiro atoms. The number of nitrogens with zero attached hydrogens (tertiary/aromatic N) is 1. The second-order valence-electron chi connectivity index (χ2n) is 7.03. The van der Waals surface area contributed by atoms with Crippen molar-refractivity contribution in [1.82, 2.24) is 0 Å². The van der Waals surface area contributed by atoms with Gasteiger partial charge in [-0.05, 0) is 77.2 Å². The Morgan fingerprint density at radius 1 is 0.929 bits per heavy atom. The van der Waals surface area contributed by atoms with Gasteiger partial charge in [0.25, 0.3) is 0 Å². The summed E-state index contributed by atoms with van der Waals surface area (Å²) in [5, 5.41) is 13.1. The van der Waals surface area contributed by atoms with Crippen LogP contribution in [0.4, 0.5) is 11.4 Å². The first-order chi connectivity index (χ1) is 13.5. The minimum atomic E-state index is -3.64. The summed E-state index contributed by atoms with van der Waals surface area (Å²) in [6.45, 7) is 1.86. The molecule has 0 atom stereocenters. The van der Waals surface area contributed by atoms with Gasteiger partial charge in [0.1, 0.15) is 0 Å². The molecule has 5 nitrogen and oxygen atoms in total. The third kappa shape index (κ3) is 4.38. The lowest BCUT2D eigenvalue weighted by Crippen LogP contribution is -2.39. The molecule has 2 aromatic carbocycles. The van der Waals surface area contributed by atoms with Crippen LogP contribution in [0.25, 0.3) is 11.1 Å². The van der Waals surface area contributed by atoms with E-state index in [-0.39, 0.29) is 4.90 Å². The molecule has 7 heteroatoms. The first-order valence-corrected chi connectivity index (χ1v) is 11.7. The monoisotopic (exact) mass is 413 g/mol. The average molecular weight is 414 g/mol. The van der Waals surface area contributed by atoms with Crippen molar-refractivity contribution in [2.24, 2.45) is 5.14 Å². The summed E-state index contributed by atoms with van der Waals surface area (Å²) < 4.78 is 22.8. The molecule has 0 amide bonds. The van der Waals surface area contributed by atoms with E-state index in [2.05, 4.69) is 51.3 Å². The first-order valence-electron chi connectivity index (χ1n) is 9.26. The SMILES string of the molecule is NS(=O)(=O)c1ccc(N2CCC(Nc3ccc(-c4ccsc4)cc3)CC2)cc1. The number of rotatable bonds is 5. The maximum absolute atomic E-state index is 11.4. The summed E-state index contributed by atoms with van der Waals surface area (Å²) in [6, 6.07) is 18.0. The molecule has 1 saturated heterocycles. The van der Waals surface area contributed by atoms with E-state index in [0.29, 0.717) is 6.04 Å². The van der Waals surface area contributed by atoms with Gasteiger partial charge in [-0.3, -0.25) is 0 Å². The Labute approximate surface area is 169 Å². The quantitative estimate of drug-likeness (QED) is 0.659. The van der Waals surface area contributed by atoms with Crippen LogP contribution in [0.3, 0.4) is 0 Å². The maximum atomic E-state index is 11.4. The van der Waals surface area contributed by atoms with Crippen molar-refractivity contribution in [1.29, 1.82) is 0 Å². The molecule has 28 heavy (non-hydrogen) atoms. The molecule has 0 aliphatic carbocycles. The van der Waals surface area contributed by atoms with Crippen molar-refractivity contribution in [3.63, 3.8) is 0 Å². The van der Waals surface area contributed by atoms with Gasteiger partial charge in [-0.2, -0.15) is 11.3 Å². The smallest absolute Gasteiger partial charge is 0.238 e. The van der Waals surface area contributed by atoms with E-state index < -0.39 is 10.0 Å². The lowest BCUT2D eigenvalue weighted by Gasteiger charge is -2.34. The minimum Gasteiger partial charge on any atom is -0.382 e. The van der Waals surface area contributed by atoms with Crippen LogP contribution in [0.5, 0.6) is 0 Å². The summed E-state index contributed by atoms with van der Waals surface area (Å²) in [6.07, 6.45) is 2.06. The largest absolute Gasteiger partial charge is 0.382 e. The molecule has 1 fully saturated rings. The number of hydrogen-bond donors (Lipinski definition) is 2. The number of primary sulfonamides is 1. The highest BCUT2D eigenvalue weighted by atomic mass is 32.2. The topological polar surface area (TPSA) is 75.4 Å². The highest BCUT2D eigenvalue weighted by molar-refractivity contribution is 7.89. The van der Waals surface area contributed by atoms with Gasteiger partial charge in [0, 0.05) is 30.5 Å². The molecule has 2 heterocycles. The molecular weight excluding hydrogens is 390 g/mol. The van der Waals surface area contributed by atoms with Gasteiger partial charge in [-0.1, -0.05) is 12.1 Å². The van der Waals surface area contributed by atoms with E-state index >= 15 is 0 Å². The molecule has 1 aromatic heterocycles. The van der Waals surface area contributed by atoms with Gasteiger partial charge in [0.15, 0.2) is 0 Å². The molecule has 146 valence electrons. The molecule has 3 aromatic rings. The van der Waals surface area contributed by atoms with E-state index in [1.165, 1.54) is 11.1 Å². The number of nitrogens with one attached hydrogen (secondary N) is 1. The normalized spacial score (nSPS) is 15.5. The predicted molar refractivity (Wildman–Crippen MR) is 116 cm³/mol. The molecule has 1 aliphatic heterocycles. The molecule has 1 aliphatic rings. The first kappa shape index (κ1) is 19.0. The third-order valence-electron chi connectivity index (χ3n) is 5.14. The predicted octanol–water partition coefficient (Wildman–Crippen LogP) is 4.14. The Morgan fingerprint density at radius 3 is 2.18 bits per heavy atom. The molecule has 3 N–H and O–H groups in total. The van der Waals surface area contributed by atoms with Crippen molar-refractivity contribution in [2.75, 3.05) is 23.3 Å². The second kappa shape index (κ2) is 7.95. The van der Waals surface area contributed by atoms with Crippen LogP contribution >= 0.6 is 11.3 Å². The van der Waals surface area contributed by atoms with E-state index in [4.69, 9.17) is 5.14 Å². The number of piperidine rings is 1. The van der Waals surface area contributed by atoms with Crippen LogP contribution in [0.1, 0.15) is 12.8 Å². The summed E-state index contributed by atoms with van der Waals surface area (Å²) >= 11 is 1.71. The summed E-state index contributed by atoms with van der Waals surface area (Å²) in [5.74, 6) is 0. The zero-order chi connectivity index (χ0) is 19.6. The van der Waals surface area contributed by atoms with Crippen LogP contribution in [0.15, 0.2) is 70.3 Å². The Balaban J connectivity index is 1.33. The Hall–Kier alpha value is -2.35. The van der Waals surface area contributed by atoms with Gasteiger partial charge in [-0.25, -0.2) is 13.6 Å². The highest BCUT2D eigenvalue weighted by Gasteiger charge is 2.20. The van der Waals surface area contributed by atoms with Gasteiger partial charge in [-0.15, -0.1) is 0 Å². The standard InChI is InChI=1S/C21H23N3O2S2/c22-28(25,26)21-7-5-20(6-8-21)24-12-9-19(10-13-24)23-18-3-1-16(2-4-18)17-11-14-27-15-17/h1-8,11,14-15,19,23H,9-10,12-13H2,(H2,22,25,26). The number of anilines is 2. The molecule has 0 radical (unpaired) electrons. The van der Waals surface area contributed by atoms with E-state index in [0.717, 1.165) is 37.3 Å². The minimum absolute atomic E-state index is 0.152. The molecule has 0 saturated carbocycles. The summed E-state index contributed by atoms with van der Waals surface area (Å²) in [5.41, 5.74) is 4.68. The van der Waals surface area contributed by atoms with E-state index in [9.17, 15) is 8.42 Å². The van der Waals surface area contributed by atoms with Gasteiger partial charge in [0.2, 0.25) is 10.0 Å². The van der Waals surface area contributed by atoms with Crippen LogP contribution in [0.2, 0.25) is 0 Å². The van der Waals surface area contributed by atoms with E-state index in [1.807, 2.05) is 12.1 Å². The van der Waals surface area contributed by atoms with Crippen molar-refractivity contribution >= 4 is 32.7 Å². The van der Waals surface area contributed by atoms with E-state index in [1.54, 1.807) is 23.5 Å². The van der Waals surface area contributed by atoms with Crippen LogP contribution in [0, 0.1) is 0 Å². The molecule has 0 bridgehead atoms. The number of hydrogen-bond acceptors (Lipinski definition) is 5. The second-order valence-corrected chi connectivity index (χ2v) is 9.38. The van der Waals surface area contributed by atoms with Gasteiger partial charge >= 0.3 is 0 Å². The lowest BCUT2D eigenvalue weighted by molar-refractivity contribution is 0.526. The number of thiophene rings is 1. The fourth-order valence-electron chi connectivity index (χ4n) is 3.55. The zero-order valence-electron chi connectivity index (χ0n) is 15.4. The Bertz CT molecular complexity index is 1010. The van der Waals surface area contributed by atoms with Crippen LogP contribution in [-0.4, -0.2) is 27.5 Å². The number of benzene rings is 2. The maximum Gasteiger partial charge on any atom is 0.238 e. The summed E-state index contributed by atoms with van der Waals surface area (Å²) in [7, 11) is -3.64.